The molecule has 0 heterocycles. The van der Waals surface area contributed by atoms with E-state index in [0.29, 0.717) is 0 Å². The topological polar surface area (TPSA) is 0 Å². The summed E-state index contributed by atoms with van der Waals surface area (Å²) in [6.07, 6.45) is 1.89. The Morgan fingerprint density at radius 3 is 2.33 bits per heavy atom. The number of halogens is 3. The van der Waals surface area contributed by atoms with Crippen LogP contribution in [0, 0.1) is 0 Å². The third kappa shape index (κ3) is 3.91. The van der Waals surface area contributed by atoms with Crippen molar-refractivity contribution in [2.24, 2.45) is 0 Å². The monoisotopic (exact) mass is 150 g/mol. The van der Waals surface area contributed by atoms with Crippen molar-refractivity contribution in [1.82, 2.24) is 0 Å². The molecule has 0 saturated heterocycles. The first kappa shape index (κ1) is 8.37. The molecule has 0 aromatic carbocycles. The van der Waals surface area contributed by atoms with Gasteiger partial charge in [0.2, 0.25) is 0 Å². The Bertz CT molecular complexity index is 154. The highest BCUT2D eigenvalue weighted by Crippen LogP contribution is 2.12. The maximum atomic E-state index is 11.4. The van der Waals surface area contributed by atoms with Gasteiger partial charge >= 0.3 is 0 Å². The van der Waals surface area contributed by atoms with E-state index in [-0.39, 0.29) is 0 Å². The lowest BCUT2D eigenvalue weighted by molar-refractivity contribution is 0.419. The highest BCUT2D eigenvalue weighted by molar-refractivity contribution is 6.31. The Morgan fingerprint density at radius 2 is 2.00 bits per heavy atom. The van der Waals surface area contributed by atoms with E-state index >= 15 is 0 Å². The fraction of sp³-hybridized carbons (Fsp3) is 0. The summed E-state index contributed by atoms with van der Waals surface area (Å²) in [5.74, 6) is 0. The summed E-state index contributed by atoms with van der Waals surface area (Å²) in [5.41, 5.74) is 0. The number of rotatable bonds is 2. The van der Waals surface area contributed by atoms with Crippen LogP contribution < -0.4 is 0 Å². The van der Waals surface area contributed by atoms with Gasteiger partial charge in [0.25, 0.3) is 6.08 Å². The molecule has 3 heteroatoms. The molecule has 0 nitrogen and oxygen atoms in total. The average molecular weight is 151 g/mol. The van der Waals surface area contributed by atoms with Crippen molar-refractivity contribution in [3.63, 3.8) is 0 Å². The van der Waals surface area contributed by atoms with Gasteiger partial charge in [0, 0.05) is 0 Å². The first-order valence-corrected chi connectivity index (χ1v) is 2.56. The van der Waals surface area contributed by atoms with Gasteiger partial charge in [-0.3, -0.25) is 0 Å². The predicted octanol–water partition coefficient (Wildman–Crippen LogP) is 3.08. The van der Waals surface area contributed by atoms with Crippen molar-refractivity contribution in [2.45, 2.75) is 0 Å². The van der Waals surface area contributed by atoms with Crippen LogP contribution in [0.15, 0.2) is 35.9 Å². The van der Waals surface area contributed by atoms with Gasteiger partial charge in [-0.25, -0.2) is 0 Å². The molecule has 9 heavy (non-hydrogen) atoms. The van der Waals surface area contributed by atoms with Crippen molar-refractivity contribution >= 4 is 11.6 Å². The first-order valence-electron chi connectivity index (χ1n) is 2.18. The number of allylic oxidation sites excluding steroid dienone is 4. The van der Waals surface area contributed by atoms with Crippen LogP contribution in [0.5, 0.6) is 0 Å². The van der Waals surface area contributed by atoms with Gasteiger partial charge in [-0.15, -0.1) is 0 Å². The molecule has 0 aliphatic heterocycles. The Morgan fingerprint density at radius 1 is 1.44 bits per heavy atom. The van der Waals surface area contributed by atoms with Crippen molar-refractivity contribution in [3.05, 3.63) is 35.9 Å². The van der Waals surface area contributed by atoms with E-state index < -0.39 is 11.1 Å². The lowest BCUT2D eigenvalue weighted by Gasteiger charge is -1.81. The molecule has 0 aromatic rings. The molecule has 50 valence electrons. The molecule has 0 aliphatic rings. The van der Waals surface area contributed by atoms with Crippen LogP contribution in [0.2, 0.25) is 0 Å². The standard InChI is InChI=1S/C6H5ClF2/c1-2-3-4-5(7)6(8)9/h2-4H,1H2/b4-3-. The van der Waals surface area contributed by atoms with Crippen molar-refractivity contribution in [2.75, 3.05) is 0 Å². The van der Waals surface area contributed by atoms with Gasteiger partial charge in [0.05, 0.1) is 0 Å². The maximum absolute atomic E-state index is 11.4. The molecule has 0 aromatic heterocycles. The predicted molar refractivity (Wildman–Crippen MR) is 34.4 cm³/mol. The van der Waals surface area contributed by atoms with E-state index in [9.17, 15) is 8.78 Å². The van der Waals surface area contributed by atoms with Gasteiger partial charge in [0.1, 0.15) is 5.03 Å². The molecule has 0 spiro atoms. The largest absolute Gasteiger partial charge is 0.288 e. The molecule has 0 aliphatic carbocycles. The van der Waals surface area contributed by atoms with Crippen LogP contribution in [-0.4, -0.2) is 0 Å². The van der Waals surface area contributed by atoms with Crippen LogP contribution in [0.25, 0.3) is 0 Å². The minimum Gasteiger partial charge on any atom is -0.172 e. The van der Waals surface area contributed by atoms with Crippen LogP contribution >= 0.6 is 11.6 Å². The molecule has 0 atom stereocenters. The molecule has 0 N–H and O–H groups in total. The first-order chi connectivity index (χ1) is 4.18. The highest BCUT2D eigenvalue weighted by Gasteiger charge is 1.94. The summed E-state index contributed by atoms with van der Waals surface area (Å²) < 4.78 is 22.8. The molecular weight excluding hydrogens is 146 g/mol. The van der Waals surface area contributed by atoms with Crippen molar-refractivity contribution in [3.8, 4) is 0 Å². The van der Waals surface area contributed by atoms with Gasteiger partial charge < -0.3 is 0 Å². The van der Waals surface area contributed by atoms with E-state index in [2.05, 4.69) is 6.58 Å². The summed E-state index contributed by atoms with van der Waals surface area (Å²) in [7, 11) is 0. The third-order valence-electron chi connectivity index (χ3n) is 0.559. The summed E-state index contributed by atoms with van der Waals surface area (Å²) in [6.45, 7) is 3.28. The van der Waals surface area contributed by atoms with E-state index in [1.54, 1.807) is 0 Å². The van der Waals surface area contributed by atoms with Crippen LogP contribution in [0.4, 0.5) is 8.78 Å². The summed E-state index contributed by atoms with van der Waals surface area (Å²) in [6, 6.07) is 0. The quantitative estimate of drug-likeness (QED) is 0.531. The summed E-state index contributed by atoms with van der Waals surface area (Å²) in [4.78, 5) is 0. The molecule has 0 rings (SSSR count). The van der Waals surface area contributed by atoms with Crippen LogP contribution in [0.1, 0.15) is 0 Å². The molecule has 0 saturated carbocycles. The normalized spacial score (nSPS) is 9.67. The summed E-state index contributed by atoms with van der Waals surface area (Å²) >= 11 is 4.99. The summed E-state index contributed by atoms with van der Waals surface area (Å²) in [5, 5.41) is -0.546. The minimum absolute atomic E-state index is 0.546. The van der Waals surface area contributed by atoms with Gasteiger partial charge in [0.15, 0.2) is 0 Å². The van der Waals surface area contributed by atoms with Crippen molar-refractivity contribution in [1.29, 1.82) is 0 Å². The number of hydrogen-bond acceptors (Lipinski definition) is 0. The minimum atomic E-state index is -1.88. The van der Waals surface area contributed by atoms with Crippen molar-refractivity contribution < 1.29 is 8.78 Å². The average Bonchev–Trinajstić information content (AvgIpc) is 1.82. The molecule has 0 radical (unpaired) electrons. The van der Waals surface area contributed by atoms with E-state index in [4.69, 9.17) is 11.6 Å². The zero-order chi connectivity index (χ0) is 7.28. The van der Waals surface area contributed by atoms with Gasteiger partial charge in [-0.05, 0) is 6.08 Å². The zero-order valence-corrected chi connectivity index (χ0v) is 5.33. The maximum Gasteiger partial charge on any atom is 0.288 e. The molecule has 0 unspecified atom stereocenters. The third-order valence-corrected chi connectivity index (χ3v) is 0.828. The van der Waals surface area contributed by atoms with Crippen LogP contribution in [-0.2, 0) is 0 Å². The molecule has 0 fully saturated rings. The van der Waals surface area contributed by atoms with E-state index in [1.165, 1.54) is 12.2 Å². The lowest BCUT2D eigenvalue weighted by atomic mass is 10.5. The van der Waals surface area contributed by atoms with Crippen LogP contribution in [0.3, 0.4) is 0 Å². The second-order valence-corrected chi connectivity index (χ2v) is 1.61. The lowest BCUT2D eigenvalue weighted by Crippen LogP contribution is -1.63. The molecule has 0 bridgehead atoms. The highest BCUT2D eigenvalue weighted by atomic mass is 35.5. The molecular formula is C6H5ClF2. The SMILES string of the molecule is C=C/C=C\C(Cl)=C(F)F. The van der Waals surface area contributed by atoms with Gasteiger partial charge in [-0.1, -0.05) is 30.3 Å². The Kier molecular flexibility index (Phi) is 3.97. The fourth-order valence-electron chi connectivity index (χ4n) is 0.216. The van der Waals surface area contributed by atoms with Gasteiger partial charge in [-0.2, -0.15) is 8.78 Å². The Labute approximate surface area is 57.1 Å². The fourth-order valence-corrected chi connectivity index (χ4v) is 0.288. The second kappa shape index (κ2) is 4.27. The smallest absolute Gasteiger partial charge is 0.172 e. The van der Waals surface area contributed by atoms with E-state index in [1.807, 2.05) is 0 Å². The number of hydrogen-bond donors (Lipinski definition) is 0. The molecule has 0 amide bonds. The zero-order valence-electron chi connectivity index (χ0n) is 4.57. The second-order valence-electron chi connectivity index (χ2n) is 1.20. The van der Waals surface area contributed by atoms with E-state index in [0.717, 1.165) is 6.08 Å². The Balaban J connectivity index is 4.06. The Hall–Kier alpha value is -0.630.